The third-order valence-electron chi connectivity index (χ3n) is 2.35. The smallest absolute Gasteiger partial charge is 0.231 e. The normalized spacial score (nSPS) is 15.6. The minimum absolute atomic E-state index is 0.299. The van der Waals surface area contributed by atoms with Gasteiger partial charge in [-0.1, -0.05) is 0 Å². The molecule has 0 saturated carbocycles. The van der Waals surface area contributed by atoms with Gasteiger partial charge in [0.05, 0.1) is 6.10 Å². The molecular weight excluding hydrogens is 180 g/mol. The summed E-state index contributed by atoms with van der Waals surface area (Å²) in [6, 6.07) is 3.91. The number of hydrogen-bond donors (Lipinski definition) is 1. The number of benzene rings is 1. The first kappa shape index (κ1) is 9.34. The molecule has 2 rings (SSSR count). The summed E-state index contributed by atoms with van der Waals surface area (Å²) in [4.78, 5) is 0. The summed E-state index contributed by atoms with van der Waals surface area (Å²) in [7, 11) is 0. The average Bonchev–Trinajstić information content (AvgIpc) is 2.51. The Kier molecular flexibility index (Phi) is 2.33. The third kappa shape index (κ3) is 1.68. The van der Waals surface area contributed by atoms with Crippen molar-refractivity contribution in [2.45, 2.75) is 26.4 Å². The standard InChI is InChI=1S/C11H14O3/c1-7-3-10-11(14-6-13-10)5-9(7)4-8(2)12/h3,5,8,12H,4,6H2,1-2H3. The highest BCUT2D eigenvalue weighted by molar-refractivity contribution is 5.48. The van der Waals surface area contributed by atoms with Crippen molar-refractivity contribution < 1.29 is 14.6 Å². The van der Waals surface area contributed by atoms with Crippen molar-refractivity contribution in [1.82, 2.24) is 0 Å². The first-order chi connectivity index (χ1) is 6.66. The van der Waals surface area contributed by atoms with Crippen LogP contribution in [0.5, 0.6) is 11.5 Å². The molecule has 3 nitrogen and oxygen atoms in total. The zero-order valence-electron chi connectivity index (χ0n) is 8.41. The molecule has 1 aliphatic rings. The van der Waals surface area contributed by atoms with Crippen LogP contribution in [0.3, 0.4) is 0 Å². The van der Waals surface area contributed by atoms with E-state index in [4.69, 9.17) is 9.47 Å². The zero-order valence-corrected chi connectivity index (χ0v) is 8.41. The summed E-state index contributed by atoms with van der Waals surface area (Å²) in [6.45, 7) is 4.09. The number of aliphatic hydroxyl groups excluding tert-OH is 1. The van der Waals surface area contributed by atoms with Crippen LogP contribution in [0.4, 0.5) is 0 Å². The average molecular weight is 194 g/mol. The molecular formula is C11H14O3. The number of ether oxygens (including phenoxy) is 2. The van der Waals surface area contributed by atoms with Crippen LogP contribution in [0.25, 0.3) is 0 Å². The molecule has 1 atom stereocenters. The maximum atomic E-state index is 9.31. The van der Waals surface area contributed by atoms with Gasteiger partial charge in [0, 0.05) is 0 Å². The number of rotatable bonds is 2. The van der Waals surface area contributed by atoms with Gasteiger partial charge in [0.25, 0.3) is 0 Å². The van der Waals surface area contributed by atoms with Gasteiger partial charge in [-0.15, -0.1) is 0 Å². The summed E-state index contributed by atoms with van der Waals surface area (Å²) < 4.78 is 10.5. The van der Waals surface area contributed by atoms with Gasteiger partial charge >= 0.3 is 0 Å². The van der Waals surface area contributed by atoms with Crippen molar-refractivity contribution >= 4 is 0 Å². The Balaban J connectivity index is 2.32. The molecule has 1 N–H and O–H groups in total. The third-order valence-corrected chi connectivity index (χ3v) is 2.35. The number of hydrogen-bond acceptors (Lipinski definition) is 3. The fourth-order valence-electron chi connectivity index (χ4n) is 1.62. The Morgan fingerprint density at radius 2 is 2.00 bits per heavy atom. The van der Waals surface area contributed by atoms with E-state index in [-0.39, 0.29) is 6.10 Å². The van der Waals surface area contributed by atoms with E-state index in [2.05, 4.69) is 0 Å². The molecule has 76 valence electrons. The molecule has 1 aromatic carbocycles. The van der Waals surface area contributed by atoms with E-state index in [1.54, 1.807) is 6.92 Å². The molecule has 1 heterocycles. The summed E-state index contributed by atoms with van der Waals surface area (Å²) in [5, 5.41) is 9.31. The Labute approximate surface area is 83.3 Å². The van der Waals surface area contributed by atoms with Crippen molar-refractivity contribution in [3.8, 4) is 11.5 Å². The first-order valence-electron chi connectivity index (χ1n) is 4.74. The molecule has 0 fully saturated rings. The molecule has 0 saturated heterocycles. The van der Waals surface area contributed by atoms with Crippen LogP contribution in [0.2, 0.25) is 0 Å². The SMILES string of the molecule is Cc1cc2c(cc1CC(C)O)OCO2. The van der Waals surface area contributed by atoms with Crippen LogP contribution in [0.1, 0.15) is 18.1 Å². The van der Waals surface area contributed by atoms with E-state index < -0.39 is 0 Å². The number of aryl methyl sites for hydroxylation is 1. The van der Waals surface area contributed by atoms with Gasteiger partial charge < -0.3 is 14.6 Å². The molecule has 0 aromatic heterocycles. The van der Waals surface area contributed by atoms with E-state index in [1.807, 2.05) is 19.1 Å². The van der Waals surface area contributed by atoms with Gasteiger partial charge in [0.1, 0.15) is 0 Å². The van der Waals surface area contributed by atoms with Gasteiger partial charge in [0.15, 0.2) is 11.5 Å². The fourth-order valence-corrected chi connectivity index (χ4v) is 1.62. The highest BCUT2D eigenvalue weighted by Gasteiger charge is 2.15. The van der Waals surface area contributed by atoms with Crippen LogP contribution < -0.4 is 9.47 Å². The largest absolute Gasteiger partial charge is 0.454 e. The van der Waals surface area contributed by atoms with Gasteiger partial charge in [-0.25, -0.2) is 0 Å². The summed E-state index contributed by atoms with van der Waals surface area (Å²) in [6.07, 6.45) is 0.330. The van der Waals surface area contributed by atoms with E-state index in [0.717, 1.165) is 22.6 Å². The second-order valence-corrected chi connectivity index (χ2v) is 3.69. The Morgan fingerprint density at radius 1 is 1.36 bits per heavy atom. The summed E-state index contributed by atoms with van der Waals surface area (Å²) >= 11 is 0. The highest BCUT2D eigenvalue weighted by Crippen LogP contribution is 2.34. The van der Waals surface area contributed by atoms with Gasteiger partial charge in [-0.05, 0) is 43.5 Å². The van der Waals surface area contributed by atoms with Gasteiger partial charge in [-0.3, -0.25) is 0 Å². The molecule has 3 heteroatoms. The van der Waals surface area contributed by atoms with Crippen molar-refractivity contribution in [3.63, 3.8) is 0 Å². The van der Waals surface area contributed by atoms with Crippen molar-refractivity contribution in [2.75, 3.05) is 6.79 Å². The zero-order chi connectivity index (χ0) is 10.1. The summed E-state index contributed by atoms with van der Waals surface area (Å²) in [5.74, 6) is 1.59. The van der Waals surface area contributed by atoms with E-state index in [9.17, 15) is 5.11 Å². The van der Waals surface area contributed by atoms with Crippen molar-refractivity contribution in [1.29, 1.82) is 0 Å². The topological polar surface area (TPSA) is 38.7 Å². The van der Waals surface area contributed by atoms with Gasteiger partial charge in [-0.2, -0.15) is 0 Å². The molecule has 1 unspecified atom stereocenters. The quantitative estimate of drug-likeness (QED) is 0.778. The Bertz CT molecular complexity index is 345. The molecule has 1 aliphatic heterocycles. The Morgan fingerprint density at radius 3 is 2.64 bits per heavy atom. The predicted molar refractivity (Wildman–Crippen MR) is 52.7 cm³/mol. The van der Waals surface area contributed by atoms with Crippen LogP contribution in [0, 0.1) is 6.92 Å². The van der Waals surface area contributed by atoms with E-state index in [1.165, 1.54) is 0 Å². The van der Waals surface area contributed by atoms with Crippen LogP contribution >= 0.6 is 0 Å². The molecule has 0 amide bonds. The minimum Gasteiger partial charge on any atom is -0.454 e. The monoisotopic (exact) mass is 194 g/mol. The highest BCUT2D eigenvalue weighted by atomic mass is 16.7. The lowest BCUT2D eigenvalue weighted by Crippen LogP contribution is -2.05. The molecule has 14 heavy (non-hydrogen) atoms. The fraction of sp³-hybridized carbons (Fsp3) is 0.455. The number of fused-ring (bicyclic) bond motifs is 1. The lowest BCUT2D eigenvalue weighted by Gasteiger charge is -2.09. The maximum Gasteiger partial charge on any atom is 0.231 e. The second-order valence-electron chi connectivity index (χ2n) is 3.69. The molecule has 0 bridgehead atoms. The lowest BCUT2D eigenvalue weighted by molar-refractivity contribution is 0.174. The molecule has 0 radical (unpaired) electrons. The maximum absolute atomic E-state index is 9.31. The first-order valence-corrected chi connectivity index (χ1v) is 4.74. The Hall–Kier alpha value is -1.22. The molecule has 0 spiro atoms. The minimum atomic E-state index is -0.325. The van der Waals surface area contributed by atoms with Crippen LogP contribution in [0.15, 0.2) is 12.1 Å². The van der Waals surface area contributed by atoms with Crippen LogP contribution in [-0.2, 0) is 6.42 Å². The van der Waals surface area contributed by atoms with Crippen molar-refractivity contribution in [3.05, 3.63) is 23.3 Å². The predicted octanol–water partition coefficient (Wildman–Crippen LogP) is 1.65. The number of aliphatic hydroxyl groups is 1. The molecule has 0 aliphatic carbocycles. The summed E-state index contributed by atoms with van der Waals surface area (Å²) in [5.41, 5.74) is 2.25. The molecule has 1 aromatic rings. The van der Waals surface area contributed by atoms with E-state index in [0.29, 0.717) is 13.2 Å². The van der Waals surface area contributed by atoms with E-state index >= 15 is 0 Å². The van der Waals surface area contributed by atoms with Crippen LogP contribution in [-0.4, -0.2) is 18.0 Å². The second kappa shape index (κ2) is 3.50. The lowest BCUT2D eigenvalue weighted by atomic mass is 10.0. The van der Waals surface area contributed by atoms with Gasteiger partial charge in [0.2, 0.25) is 6.79 Å². The van der Waals surface area contributed by atoms with Crippen molar-refractivity contribution in [2.24, 2.45) is 0 Å².